The highest BCUT2D eigenvalue weighted by Crippen LogP contribution is 2.33. The summed E-state index contributed by atoms with van der Waals surface area (Å²) in [5.74, 6) is -0.245. The molecule has 0 spiro atoms. The molecule has 0 atom stereocenters. The topological polar surface area (TPSA) is 77.8 Å². The molecule has 6 heteroatoms. The molecule has 6 nitrogen and oxygen atoms in total. The smallest absolute Gasteiger partial charge is 0.352 e. The molecule has 0 aliphatic rings. The second-order valence-electron chi connectivity index (χ2n) is 5.30. The molecule has 0 fully saturated rings. The number of carboxylic acid groups (broad SMARTS) is 1. The molecule has 0 radical (unpaired) electrons. The maximum atomic E-state index is 12.6. The Labute approximate surface area is 127 Å². The fourth-order valence-corrected chi connectivity index (χ4v) is 2.66. The van der Waals surface area contributed by atoms with E-state index in [9.17, 15) is 14.7 Å². The van der Waals surface area contributed by atoms with Crippen LogP contribution in [-0.4, -0.2) is 29.9 Å². The SMILES string of the molecule is COc1cc(OC)c2c(c1)c(=O)c(C)c(C(=O)O)n2C(C)C. The molecule has 0 aliphatic heterocycles. The summed E-state index contributed by atoms with van der Waals surface area (Å²) in [6.45, 7) is 5.25. The van der Waals surface area contributed by atoms with Crippen LogP contribution in [0.4, 0.5) is 0 Å². The lowest BCUT2D eigenvalue weighted by molar-refractivity contribution is 0.0682. The number of carbonyl (C=O) groups is 1. The molecule has 0 saturated heterocycles. The molecule has 118 valence electrons. The fraction of sp³-hybridized carbons (Fsp3) is 0.375. The van der Waals surface area contributed by atoms with Crippen LogP contribution in [0.5, 0.6) is 11.5 Å². The summed E-state index contributed by atoms with van der Waals surface area (Å²) >= 11 is 0. The van der Waals surface area contributed by atoms with E-state index in [4.69, 9.17) is 9.47 Å². The van der Waals surface area contributed by atoms with E-state index in [1.54, 1.807) is 16.7 Å². The lowest BCUT2D eigenvalue weighted by Crippen LogP contribution is -2.23. The van der Waals surface area contributed by atoms with E-state index in [0.29, 0.717) is 22.4 Å². The van der Waals surface area contributed by atoms with Crippen LogP contribution in [0, 0.1) is 6.92 Å². The largest absolute Gasteiger partial charge is 0.497 e. The van der Waals surface area contributed by atoms with Gasteiger partial charge in [-0.15, -0.1) is 0 Å². The minimum Gasteiger partial charge on any atom is -0.497 e. The number of aromatic nitrogens is 1. The Bertz CT molecular complexity index is 805. The number of rotatable bonds is 4. The lowest BCUT2D eigenvalue weighted by atomic mass is 10.1. The third kappa shape index (κ3) is 2.30. The zero-order chi connectivity index (χ0) is 16.6. The van der Waals surface area contributed by atoms with Gasteiger partial charge in [-0.1, -0.05) is 0 Å². The van der Waals surface area contributed by atoms with Gasteiger partial charge in [0.25, 0.3) is 0 Å². The molecule has 0 saturated carbocycles. The summed E-state index contributed by atoms with van der Waals surface area (Å²) in [6.07, 6.45) is 0. The van der Waals surface area contributed by atoms with Gasteiger partial charge in [0.2, 0.25) is 0 Å². The number of fused-ring (bicyclic) bond motifs is 1. The second-order valence-corrected chi connectivity index (χ2v) is 5.30. The molecule has 0 amide bonds. The minimum absolute atomic E-state index is 0.0176. The van der Waals surface area contributed by atoms with E-state index in [-0.39, 0.29) is 22.7 Å². The maximum absolute atomic E-state index is 12.6. The third-order valence-corrected chi connectivity index (χ3v) is 3.65. The van der Waals surface area contributed by atoms with Crippen LogP contribution in [0.1, 0.15) is 35.9 Å². The average Bonchev–Trinajstić information content (AvgIpc) is 2.48. The van der Waals surface area contributed by atoms with Gasteiger partial charge in [0.1, 0.15) is 17.2 Å². The summed E-state index contributed by atoms with van der Waals surface area (Å²) in [4.78, 5) is 24.2. The van der Waals surface area contributed by atoms with Crippen molar-refractivity contribution >= 4 is 16.9 Å². The Balaban J connectivity index is 3.15. The molecule has 2 aromatic rings. The van der Waals surface area contributed by atoms with E-state index in [0.717, 1.165) is 0 Å². The summed E-state index contributed by atoms with van der Waals surface area (Å²) < 4.78 is 12.2. The predicted molar refractivity (Wildman–Crippen MR) is 83.4 cm³/mol. The van der Waals surface area contributed by atoms with Crippen molar-refractivity contribution in [3.8, 4) is 11.5 Å². The zero-order valence-electron chi connectivity index (χ0n) is 13.3. The molecule has 1 aromatic carbocycles. The highest BCUT2D eigenvalue weighted by Gasteiger charge is 2.23. The molecule has 1 aromatic heterocycles. The van der Waals surface area contributed by atoms with E-state index in [2.05, 4.69) is 0 Å². The summed E-state index contributed by atoms with van der Waals surface area (Å²) in [5.41, 5.74) is 0.313. The number of benzene rings is 1. The monoisotopic (exact) mass is 305 g/mol. The van der Waals surface area contributed by atoms with E-state index < -0.39 is 5.97 Å². The van der Waals surface area contributed by atoms with Gasteiger partial charge in [0, 0.05) is 17.7 Å². The minimum atomic E-state index is -1.14. The number of carboxylic acids is 1. The predicted octanol–water partition coefficient (Wildman–Crippen LogP) is 2.61. The molecule has 0 aliphatic carbocycles. The van der Waals surface area contributed by atoms with Crippen molar-refractivity contribution in [3.63, 3.8) is 0 Å². The first kappa shape index (κ1) is 15.9. The van der Waals surface area contributed by atoms with Crippen LogP contribution in [0.3, 0.4) is 0 Å². The normalized spacial score (nSPS) is 11.0. The van der Waals surface area contributed by atoms with Gasteiger partial charge < -0.3 is 19.1 Å². The van der Waals surface area contributed by atoms with Gasteiger partial charge in [0.05, 0.1) is 25.1 Å². The highest BCUT2D eigenvalue weighted by molar-refractivity contribution is 5.95. The first-order chi connectivity index (χ1) is 10.3. The van der Waals surface area contributed by atoms with Crippen LogP contribution in [-0.2, 0) is 0 Å². The number of hydrogen-bond acceptors (Lipinski definition) is 4. The summed E-state index contributed by atoms with van der Waals surface area (Å²) in [5, 5.41) is 9.90. The second kappa shape index (κ2) is 5.71. The molecule has 1 heterocycles. The number of nitrogens with zero attached hydrogens (tertiary/aromatic N) is 1. The van der Waals surface area contributed by atoms with Crippen LogP contribution < -0.4 is 14.9 Å². The summed E-state index contributed by atoms with van der Waals surface area (Å²) in [6, 6.07) is 3.09. The number of pyridine rings is 1. The Morgan fingerprint density at radius 2 is 1.86 bits per heavy atom. The molecule has 0 unspecified atom stereocenters. The van der Waals surface area contributed by atoms with Crippen molar-refractivity contribution in [2.24, 2.45) is 0 Å². The average molecular weight is 305 g/mol. The van der Waals surface area contributed by atoms with Crippen molar-refractivity contribution in [2.45, 2.75) is 26.8 Å². The van der Waals surface area contributed by atoms with Crippen molar-refractivity contribution in [2.75, 3.05) is 14.2 Å². The van der Waals surface area contributed by atoms with Gasteiger partial charge in [-0.3, -0.25) is 4.79 Å². The third-order valence-electron chi connectivity index (χ3n) is 3.65. The number of methoxy groups -OCH3 is 2. The van der Waals surface area contributed by atoms with E-state index in [1.165, 1.54) is 21.1 Å². The molecular weight excluding hydrogens is 286 g/mol. The zero-order valence-corrected chi connectivity index (χ0v) is 13.3. The van der Waals surface area contributed by atoms with Gasteiger partial charge in [-0.25, -0.2) is 4.79 Å². The van der Waals surface area contributed by atoms with Crippen LogP contribution in [0.25, 0.3) is 10.9 Å². The fourth-order valence-electron chi connectivity index (χ4n) is 2.66. The van der Waals surface area contributed by atoms with Gasteiger partial charge in [-0.05, 0) is 26.8 Å². The highest BCUT2D eigenvalue weighted by atomic mass is 16.5. The van der Waals surface area contributed by atoms with Gasteiger partial charge in [0.15, 0.2) is 5.43 Å². The molecule has 1 N–H and O–H groups in total. The quantitative estimate of drug-likeness (QED) is 0.939. The number of hydrogen-bond donors (Lipinski definition) is 1. The Hall–Kier alpha value is -2.50. The molecule has 2 rings (SSSR count). The van der Waals surface area contributed by atoms with E-state index >= 15 is 0 Å². The Morgan fingerprint density at radius 3 is 2.32 bits per heavy atom. The van der Waals surface area contributed by atoms with E-state index in [1.807, 2.05) is 13.8 Å². The van der Waals surface area contributed by atoms with Crippen LogP contribution in [0.15, 0.2) is 16.9 Å². The van der Waals surface area contributed by atoms with Crippen molar-refractivity contribution in [3.05, 3.63) is 33.6 Å². The van der Waals surface area contributed by atoms with Crippen LogP contribution in [0.2, 0.25) is 0 Å². The van der Waals surface area contributed by atoms with Crippen molar-refractivity contribution < 1.29 is 19.4 Å². The maximum Gasteiger partial charge on any atom is 0.352 e. The first-order valence-corrected chi connectivity index (χ1v) is 6.87. The Kier molecular flexibility index (Phi) is 4.12. The first-order valence-electron chi connectivity index (χ1n) is 6.87. The van der Waals surface area contributed by atoms with Crippen LogP contribution >= 0.6 is 0 Å². The van der Waals surface area contributed by atoms with Crippen molar-refractivity contribution in [1.82, 2.24) is 4.57 Å². The van der Waals surface area contributed by atoms with Crippen molar-refractivity contribution in [1.29, 1.82) is 0 Å². The lowest BCUT2D eigenvalue weighted by Gasteiger charge is -2.22. The Morgan fingerprint density at radius 1 is 1.23 bits per heavy atom. The summed E-state index contributed by atoms with van der Waals surface area (Å²) in [7, 11) is 2.98. The molecule has 0 bridgehead atoms. The van der Waals surface area contributed by atoms with Gasteiger partial charge in [-0.2, -0.15) is 0 Å². The van der Waals surface area contributed by atoms with Gasteiger partial charge >= 0.3 is 5.97 Å². The number of aromatic carboxylic acids is 1. The molecular formula is C16H19NO5. The standard InChI is InChI=1S/C16H19NO5/c1-8(2)17-13(16(19)20)9(3)15(18)11-6-10(21-4)7-12(22-5)14(11)17/h6-8H,1-5H3,(H,19,20). The number of ether oxygens (including phenoxy) is 2. The molecule has 22 heavy (non-hydrogen) atoms.